The van der Waals surface area contributed by atoms with E-state index in [1.54, 1.807) is 13.8 Å². The molecule has 7 heteroatoms. The third-order valence-corrected chi connectivity index (χ3v) is 2.48. The molecule has 4 N–H and O–H groups in total. The summed E-state index contributed by atoms with van der Waals surface area (Å²) in [6.45, 7) is 3.86. The monoisotopic (exact) mass is 259 g/mol. The van der Waals surface area contributed by atoms with Crippen LogP contribution >= 0.6 is 0 Å². The van der Waals surface area contributed by atoms with Gasteiger partial charge in [0.1, 0.15) is 6.04 Å². The molecule has 1 unspecified atom stereocenters. The molecule has 0 aromatic heterocycles. The number of hydrogen-bond donors (Lipinski definition) is 3. The van der Waals surface area contributed by atoms with Gasteiger partial charge in [0.15, 0.2) is 0 Å². The number of primary amides is 1. The van der Waals surface area contributed by atoms with E-state index in [2.05, 4.69) is 5.32 Å². The van der Waals surface area contributed by atoms with Crippen molar-refractivity contribution < 1.29 is 19.5 Å². The van der Waals surface area contributed by atoms with Crippen LogP contribution in [0.25, 0.3) is 0 Å². The molecule has 3 amide bonds. The number of hydrogen-bond acceptors (Lipinski definition) is 3. The Morgan fingerprint density at radius 3 is 2.28 bits per heavy atom. The van der Waals surface area contributed by atoms with Gasteiger partial charge in [-0.15, -0.1) is 0 Å². The van der Waals surface area contributed by atoms with Gasteiger partial charge in [-0.2, -0.15) is 0 Å². The number of urea groups is 1. The fourth-order valence-electron chi connectivity index (χ4n) is 1.38. The van der Waals surface area contributed by atoms with E-state index in [1.165, 1.54) is 11.9 Å². The van der Waals surface area contributed by atoms with Crippen molar-refractivity contribution in [2.45, 2.75) is 32.7 Å². The summed E-state index contributed by atoms with van der Waals surface area (Å²) in [6, 6.07) is -1.16. The second kappa shape index (κ2) is 7.52. The van der Waals surface area contributed by atoms with Crippen LogP contribution in [0.5, 0.6) is 0 Å². The van der Waals surface area contributed by atoms with Crippen molar-refractivity contribution in [3.63, 3.8) is 0 Å². The number of carboxylic acid groups (broad SMARTS) is 1. The van der Waals surface area contributed by atoms with Crippen LogP contribution in [0.1, 0.15) is 26.7 Å². The molecule has 0 aliphatic rings. The smallest absolute Gasteiger partial charge is 0.317 e. The molecule has 0 heterocycles. The fraction of sp³-hybridized carbons (Fsp3) is 0.727. The Morgan fingerprint density at radius 1 is 1.33 bits per heavy atom. The van der Waals surface area contributed by atoms with Gasteiger partial charge in [0.05, 0.1) is 0 Å². The summed E-state index contributed by atoms with van der Waals surface area (Å²) in [7, 11) is 1.54. The molecule has 0 bridgehead atoms. The van der Waals surface area contributed by atoms with Crippen LogP contribution in [-0.4, -0.2) is 47.5 Å². The number of carboxylic acids is 1. The molecule has 0 aromatic rings. The lowest BCUT2D eigenvalue weighted by molar-refractivity contribution is -0.137. The summed E-state index contributed by atoms with van der Waals surface area (Å²) in [5.74, 6) is -1.59. The van der Waals surface area contributed by atoms with Gasteiger partial charge in [-0.1, -0.05) is 13.8 Å². The number of aliphatic carboxylic acids is 1. The average Bonchev–Trinajstić information content (AvgIpc) is 2.23. The fourth-order valence-corrected chi connectivity index (χ4v) is 1.38. The lowest BCUT2D eigenvalue weighted by atomic mass is 10.0. The average molecular weight is 259 g/mol. The standard InChI is InChI=1S/C11H21N3O4/c1-7(2)9(10(12)17)13-11(18)14(3)6-4-5-8(15)16/h7,9H,4-6H2,1-3H3,(H2,12,17)(H,13,18)(H,15,16). The SMILES string of the molecule is CC(C)C(NC(=O)N(C)CCCC(=O)O)C(N)=O. The molecule has 0 aliphatic heterocycles. The van der Waals surface area contributed by atoms with Crippen molar-refractivity contribution in [2.24, 2.45) is 11.7 Å². The van der Waals surface area contributed by atoms with Gasteiger partial charge >= 0.3 is 12.0 Å². The zero-order chi connectivity index (χ0) is 14.3. The molecule has 0 saturated carbocycles. The van der Waals surface area contributed by atoms with Crippen LogP contribution in [0, 0.1) is 5.92 Å². The van der Waals surface area contributed by atoms with Crippen molar-refractivity contribution in [3.8, 4) is 0 Å². The van der Waals surface area contributed by atoms with E-state index in [4.69, 9.17) is 10.8 Å². The Hall–Kier alpha value is -1.79. The molecule has 0 spiro atoms. The van der Waals surface area contributed by atoms with E-state index in [0.717, 1.165) is 0 Å². The normalized spacial score (nSPS) is 12.0. The second-order valence-electron chi connectivity index (χ2n) is 4.49. The highest BCUT2D eigenvalue weighted by molar-refractivity contribution is 5.86. The lowest BCUT2D eigenvalue weighted by Gasteiger charge is -2.23. The summed E-state index contributed by atoms with van der Waals surface area (Å²) in [5.41, 5.74) is 5.18. The van der Waals surface area contributed by atoms with Crippen LogP contribution in [-0.2, 0) is 9.59 Å². The van der Waals surface area contributed by atoms with E-state index in [1.807, 2.05) is 0 Å². The van der Waals surface area contributed by atoms with Crippen molar-refractivity contribution in [1.82, 2.24) is 10.2 Å². The Morgan fingerprint density at radius 2 is 1.89 bits per heavy atom. The minimum absolute atomic E-state index is 0.00104. The number of carbonyl (C=O) groups excluding carboxylic acids is 2. The van der Waals surface area contributed by atoms with E-state index in [0.29, 0.717) is 13.0 Å². The molecule has 104 valence electrons. The molecule has 0 aromatic carbocycles. The van der Waals surface area contributed by atoms with Crippen molar-refractivity contribution in [2.75, 3.05) is 13.6 Å². The highest BCUT2D eigenvalue weighted by Gasteiger charge is 2.22. The van der Waals surface area contributed by atoms with Gasteiger partial charge < -0.3 is 21.1 Å². The molecule has 0 fully saturated rings. The maximum atomic E-state index is 11.7. The summed E-state index contributed by atoms with van der Waals surface area (Å²) in [4.78, 5) is 34.5. The number of amides is 3. The third-order valence-electron chi connectivity index (χ3n) is 2.48. The number of nitrogens with zero attached hydrogens (tertiary/aromatic N) is 1. The highest BCUT2D eigenvalue weighted by atomic mass is 16.4. The molecule has 0 rings (SSSR count). The van der Waals surface area contributed by atoms with Crippen LogP contribution in [0.4, 0.5) is 4.79 Å². The number of nitrogens with two attached hydrogens (primary N) is 1. The number of carbonyl (C=O) groups is 3. The molecule has 0 radical (unpaired) electrons. The van der Waals surface area contributed by atoms with Crippen LogP contribution in [0.2, 0.25) is 0 Å². The van der Waals surface area contributed by atoms with Gasteiger partial charge in [0, 0.05) is 20.0 Å². The van der Waals surface area contributed by atoms with Crippen LogP contribution in [0.15, 0.2) is 0 Å². The van der Waals surface area contributed by atoms with Crippen molar-refractivity contribution in [1.29, 1.82) is 0 Å². The van der Waals surface area contributed by atoms with E-state index >= 15 is 0 Å². The van der Waals surface area contributed by atoms with Crippen molar-refractivity contribution in [3.05, 3.63) is 0 Å². The summed E-state index contributed by atoms with van der Waals surface area (Å²) >= 11 is 0. The van der Waals surface area contributed by atoms with E-state index in [9.17, 15) is 14.4 Å². The maximum Gasteiger partial charge on any atom is 0.317 e. The molecule has 0 saturated heterocycles. The zero-order valence-corrected chi connectivity index (χ0v) is 11.0. The minimum Gasteiger partial charge on any atom is -0.481 e. The highest BCUT2D eigenvalue weighted by Crippen LogP contribution is 2.02. The predicted octanol–water partition coefficient (Wildman–Crippen LogP) is 0.00250. The molecule has 0 aliphatic carbocycles. The van der Waals surface area contributed by atoms with Crippen LogP contribution < -0.4 is 11.1 Å². The predicted molar refractivity (Wildman–Crippen MR) is 65.9 cm³/mol. The second-order valence-corrected chi connectivity index (χ2v) is 4.49. The Labute approximate surface area is 106 Å². The summed E-state index contributed by atoms with van der Waals surface area (Å²) in [6.07, 6.45) is 0.364. The third kappa shape index (κ3) is 6.07. The van der Waals surface area contributed by atoms with Gasteiger partial charge in [0.25, 0.3) is 0 Å². The minimum atomic E-state index is -0.902. The van der Waals surface area contributed by atoms with Gasteiger partial charge in [0.2, 0.25) is 5.91 Å². The largest absolute Gasteiger partial charge is 0.481 e. The Kier molecular flexibility index (Phi) is 6.77. The maximum absolute atomic E-state index is 11.7. The van der Waals surface area contributed by atoms with E-state index in [-0.39, 0.29) is 12.3 Å². The first-order valence-corrected chi connectivity index (χ1v) is 5.78. The number of nitrogens with one attached hydrogen (secondary N) is 1. The molecular formula is C11H21N3O4. The topological polar surface area (TPSA) is 113 Å². The first kappa shape index (κ1) is 16.2. The lowest BCUT2D eigenvalue weighted by Crippen LogP contribution is -2.51. The molecular weight excluding hydrogens is 238 g/mol. The molecule has 7 nitrogen and oxygen atoms in total. The zero-order valence-electron chi connectivity index (χ0n) is 11.0. The molecule has 1 atom stereocenters. The van der Waals surface area contributed by atoms with Gasteiger partial charge in [-0.25, -0.2) is 4.79 Å². The number of rotatable bonds is 7. The van der Waals surface area contributed by atoms with Gasteiger partial charge in [-0.05, 0) is 12.3 Å². The van der Waals surface area contributed by atoms with Crippen molar-refractivity contribution >= 4 is 17.9 Å². The summed E-state index contributed by atoms with van der Waals surface area (Å²) in [5, 5.41) is 11.0. The molecule has 18 heavy (non-hydrogen) atoms. The quantitative estimate of drug-likeness (QED) is 0.597. The first-order valence-electron chi connectivity index (χ1n) is 5.78. The van der Waals surface area contributed by atoms with Crippen LogP contribution in [0.3, 0.4) is 0 Å². The van der Waals surface area contributed by atoms with Gasteiger partial charge in [-0.3, -0.25) is 9.59 Å². The Bertz CT molecular complexity index is 317. The van der Waals surface area contributed by atoms with E-state index < -0.39 is 23.9 Å². The summed E-state index contributed by atoms with van der Waals surface area (Å²) < 4.78 is 0. The first-order chi connectivity index (χ1) is 8.25. The Balaban J connectivity index is 4.21.